The first-order chi connectivity index (χ1) is 11.7. The van der Waals surface area contributed by atoms with E-state index in [9.17, 15) is 4.79 Å². The Morgan fingerprint density at radius 3 is 2.52 bits per heavy atom. The summed E-state index contributed by atoms with van der Waals surface area (Å²) in [5.74, 6) is 0.914. The molecule has 1 aliphatic rings. The quantitative estimate of drug-likeness (QED) is 0.821. The highest BCUT2D eigenvalue weighted by Gasteiger charge is 2.30. The molecule has 0 unspecified atom stereocenters. The minimum atomic E-state index is -0.236. The average Bonchev–Trinajstić information content (AvgIpc) is 2.84. The van der Waals surface area contributed by atoms with E-state index in [1.54, 1.807) is 0 Å². The second kappa shape index (κ2) is 8.35. The Labute approximate surface area is 153 Å². The minimum absolute atomic E-state index is 0.0865. The van der Waals surface area contributed by atoms with Crippen LogP contribution in [0.5, 0.6) is 0 Å². The van der Waals surface area contributed by atoms with Gasteiger partial charge in [0.25, 0.3) is 0 Å². The topological polar surface area (TPSA) is 50.2 Å². The molecule has 0 bridgehead atoms. The predicted molar refractivity (Wildman–Crippen MR) is 103 cm³/mol. The van der Waals surface area contributed by atoms with Crippen LogP contribution in [0.1, 0.15) is 70.8 Å². The lowest BCUT2D eigenvalue weighted by Gasteiger charge is -2.37. The smallest absolute Gasteiger partial charge is 0.245 e. The van der Waals surface area contributed by atoms with Gasteiger partial charge in [-0.15, -0.1) is 0 Å². The molecule has 5 heteroatoms. The molecule has 1 N–H and O–H groups in total. The van der Waals surface area contributed by atoms with Crippen LogP contribution >= 0.6 is 0 Å². The van der Waals surface area contributed by atoms with E-state index in [1.807, 2.05) is 24.6 Å². The third-order valence-electron chi connectivity index (χ3n) is 5.16. The molecule has 142 valence electrons. The van der Waals surface area contributed by atoms with Gasteiger partial charge in [0.1, 0.15) is 6.04 Å². The van der Waals surface area contributed by atoms with E-state index in [1.165, 1.54) is 12.8 Å². The lowest BCUT2D eigenvalue weighted by atomic mass is 9.96. The molecular formula is C20H36N4O. The number of carbonyl (C=O) groups excluding carboxylic acids is 1. The zero-order valence-corrected chi connectivity index (χ0v) is 16.9. The summed E-state index contributed by atoms with van der Waals surface area (Å²) < 4.78 is 1.90. The van der Waals surface area contributed by atoms with Crippen LogP contribution in [0.4, 0.5) is 0 Å². The Hall–Kier alpha value is -1.36. The summed E-state index contributed by atoms with van der Waals surface area (Å²) in [4.78, 5) is 15.5. The van der Waals surface area contributed by atoms with E-state index in [0.717, 1.165) is 49.8 Å². The molecule has 0 saturated carbocycles. The fourth-order valence-corrected chi connectivity index (χ4v) is 3.84. The van der Waals surface area contributed by atoms with Gasteiger partial charge in [-0.3, -0.25) is 9.48 Å². The molecule has 1 aromatic rings. The first-order valence-electron chi connectivity index (χ1n) is 9.79. The molecule has 1 saturated heterocycles. The van der Waals surface area contributed by atoms with Gasteiger partial charge in [0.2, 0.25) is 5.91 Å². The van der Waals surface area contributed by atoms with E-state index in [4.69, 9.17) is 0 Å². The van der Waals surface area contributed by atoms with Crippen molar-refractivity contribution in [3.05, 3.63) is 17.5 Å². The van der Waals surface area contributed by atoms with Gasteiger partial charge in [0.15, 0.2) is 0 Å². The molecule has 0 radical (unpaired) electrons. The number of hydrogen-bond donors (Lipinski definition) is 1. The van der Waals surface area contributed by atoms with Crippen molar-refractivity contribution in [2.45, 2.75) is 78.8 Å². The number of carbonyl (C=O) groups is 1. The van der Waals surface area contributed by atoms with Crippen molar-refractivity contribution in [1.29, 1.82) is 0 Å². The minimum Gasteiger partial charge on any atom is -0.348 e. The van der Waals surface area contributed by atoms with Crippen molar-refractivity contribution in [3.63, 3.8) is 0 Å². The molecule has 2 heterocycles. The molecule has 0 aromatic carbocycles. The van der Waals surface area contributed by atoms with Crippen LogP contribution in [0.2, 0.25) is 0 Å². The Bertz CT molecular complexity index is 570. The zero-order chi connectivity index (χ0) is 18.6. The number of rotatable bonds is 7. The molecule has 2 rings (SSSR count). The first kappa shape index (κ1) is 20.0. The monoisotopic (exact) mass is 348 g/mol. The van der Waals surface area contributed by atoms with Crippen molar-refractivity contribution in [3.8, 4) is 0 Å². The van der Waals surface area contributed by atoms with E-state index in [-0.39, 0.29) is 17.5 Å². The summed E-state index contributed by atoms with van der Waals surface area (Å²) in [6, 6.07) is 1.81. The van der Waals surface area contributed by atoms with Crippen LogP contribution in [0, 0.1) is 19.8 Å². The van der Waals surface area contributed by atoms with Crippen molar-refractivity contribution < 1.29 is 4.79 Å². The van der Waals surface area contributed by atoms with Crippen LogP contribution in [0.15, 0.2) is 6.07 Å². The summed E-state index contributed by atoms with van der Waals surface area (Å²) in [6.07, 6.45) is 4.29. The predicted octanol–water partition coefficient (Wildman–Crippen LogP) is 3.47. The number of likely N-dealkylation sites (tertiary alicyclic amines) is 1. The highest BCUT2D eigenvalue weighted by atomic mass is 16.2. The molecule has 5 nitrogen and oxygen atoms in total. The summed E-state index contributed by atoms with van der Waals surface area (Å²) in [7, 11) is 0. The van der Waals surface area contributed by atoms with Crippen LogP contribution in [-0.4, -0.2) is 45.8 Å². The second-order valence-electron chi connectivity index (χ2n) is 8.51. The lowest BCUT2D eigenvalue weighted by molar-refractivity contribution is -0.126. The van der Waals surface area contributed by atoms with E-state index in [2.05, 4.69) is 43.0 Å². The third-order valence-corrected chi connectivity index (χ3v) is 5.16. The SMILES string of the molecule is CCC[C@@H](C(=O)NC(C)(C)CN1CCC(C)CC1)n1nc(C)cc1C. The Morgan fingerprint density at radius 1 is 1.36 bits per heavy atom. The molecule has 1 amide bonds. The number of nitrogens with zero attached hydrogens (tertiary/aromatic N) is 3. The number of piperidine rings is 1. The van der Waals surface area contributed by atoms with Crippen LogP contribution in [-0.2, 0) is 4.79 Å². The maximum Gasteiger partial charge on any atom is 0.245 e. The molecule has 1 fully saturated rings. The van der Waals surface area contributed by atoms with Crippen LogP contribution < -0.4 is 5.32 Å². The van der Waals surface area contributed by atoms with Gasteiger partial charge in [-0.05, 0) is 72.0 Å². The van der Waals surface area contributed by atoms with Crippen molar-refractivity contribution in [2.75, 3.05) is 19.6 Å². The number of amides is 1. The van der Waals surface area contributed by atoms with Gasteiger partial charge in [0, 0.05) is 17.8 Å². The molecular weight excluding hydrogens is 312 g/mol. The molecule has 0 spiro atoms. The molecule has 1 aliphatic heterocycles. The maximum atomic E-state index is 13.0. The molecule has 25 heavy (non-hydrogen) atoms. The fourth-order valence-electron chi connectivity index (χ4n) is 3.84. The average molecular weight is 349 g/mol. The summed E-state index contributed by atoms with van der Waals surface area (Å²) in [6.45, 7) is 15.9. The van der Waals surface area contributed by atoms with Gasteiger partial charge >= 0.3 is 0 Å². The third kappa shape index (κ3) is 5.56. The first-order valence-corrected chi connectivity index (χ1v) is 9.79. The lowest BCUT2D eigenvalue weighted by Crippen LogP contribution is -2.54. The van der Waals surface area contributed by atoms with E-state index >= 15 is 0 Å². The summed E-state index contributed by atoms with van der Waals surface area (Å²) >= 11 is 0. The normalized spacial score (nSPS) is 18.3. The summed E-state index contributed by atoms with van der Waals surface area (Å²) in [5, 5.41) is 7.84. The van der Waals surface area contributed by atoms with Gasteiger partial charge in [-0.25, -0.2) is 0 Å². The number of aryl methyl sites for hydroxylation is 2. The van der Waals surface area contributed by atoms with Gasteiger partial charge in [-0.1, -0.05) is 20.3 Å². The van der Waals surface area contributed by atoms with Gasteiger partial charge in [0.05, 0.1) is 5.69 Å². The number of nitrogens with one attached hydrogen (secondary N) is 1. The van der Waals surface area contributed by atoms with Gasteiger partial charge < -0.3 is 10.2 Å². The molecule has 1 atom stereocenters. The van der Waals surface area contributed by atoms with E-state index in [0.29, 0.717) is 0 Å². The van der Waals surface area contributed by atoms with E-state index < -0.39 is 0 Å². The summed E-state index contributed by atoms with van der Waals surface area (Å²) in [5.41, 5.74) is 1.78. The standard InChI is InChI=1S/C20H36N4O/c1-7-8-18(24-17(4)13-16(3)22-24)19(25)21-20(5,6)14-23-11-9-15(2)10-12-23/h13,15,18H,7-12,14H2,1-6H3,(H,21,25)/t18-/m0/s1. The van der Waals surface area contributed by atoms with Crippen molar-refractivity contribution >= 4 is 5.91 Å². The highest BCUT2D eigenvalue weighted by Crippen LogP contribution is 2.21. The zero-order valence-electron chi connectivity index (χ0n) is 16.9. The Morgan fingerprint density at radius 2 is 2.00 bits per heavy atom. The van der Waals surface area contributed by atoms with Crippen LogP contribution in [0.3, 0.4) is 0 Å². The highest BCUT2D eigenvalue weighted by molar-refractivity contribution is 5.81. The van der Waals surface area contributed by atoms with Gasteiger partial charge in [-0.2, -0.15) is 5.10 Å². The fraction of sp³-hybridized carbons (Fsp3) is 0.800. The molecule has 0 aliphatic carbocycles. The number of aromatic nitrogens is 2. The second-order valence-corrected chi connectivity index (χ2v) is 8.51. The Kier molecular flexibility index (Phi) is 6.66. The van der Waals surface area contributed by atoms with Crippen LogP contribution in [0.25, 0.3) is 0 Å². The van der Waals surface area contributed by atoms with Crippen molar-refractivity contribution in [1.82, 2.24) is 20.0 Å². The van der Waals surface area contributed by atoms with Crippen molar-refractivity contribution in [2.24, 2.45) is 5.92 Å². The molecule has 1 aromatic heterocycles. The largest absolute Gasteiger partial charge is 0.348 e. The number of hydrogen-bond acceptors (Lipinski definition) is 3. The maximum absolute atomic E-state index is 13.0. The Balaban J connectivity index is 2.02.